The molecule has 1 heterocycles. The summed E-state index contributed by atoms with van der Waals surface area (Å²) >= 11 is 0. The SMILES string of the molecule is CS(=O)CCN1C(=O)NC(=O)C2(CCCC2)C1=O. The monoisotopic (exact) mass is 272 g/mol. The van der Waals surface area contributed by atoms with Crippen LogP contribution in [0.4, 0.5) is 4.79 Å². The number of carbonyl (C=O) groups excluding carboxylic acids is 3. The molecular weight excluding hydrogens is 256 g/mol. The van der Waals surface area contributed by atoms with Crippen LogP contribution < -0.4 is 5.32 Å². The lowest BCUT2D eigenvalue weighted by molar-refractivity contribution is -0.150. The van der Waals surface area contributed by atoms with Crippen molar-refractivity contribution in [3.8, 4) is 0 Å². The Kier molecular flexibility index (Phi) is 3.52. The first kappa shape index (κ1) is 13.2. The van der Waals surface area contributed by atoms with Crippen molar-refractivity contribution in [2.45, 2.75) is 25.7 Å². The first-order valence-corrected chi connectivity index (χ1v) is 7.67. The number of urea groups is 1. The molecule has 0 radical (unpaired) electrons. The largest absolute Gasteiger partial charge is 0.330 e. The third-order valence-corrected chi connectivity index (χ3v) is 4.37. The van der Waals surface area contributed by atoms with Gasteiger partial charge in [0, 0.05) is 29.4 Å². The standard InChI is InChI=1S/C11H16N2O4S/c1-18(17)7-6-13-9(15)11(4-2-3-5-11)8(14)12-10(13)16/h2-7H2,1H3,(H,12,14,16). The zero-order chi connectivity index (χ0) is 13.3. The van der Waals surface area contributed by atoms with Crippen molar-refractivity contribution in [3.05, 3.63) is 0 Å². The van der Waals surface area contributed by atoms with Crippen molar-refractivity contribution in [2.75, 3.05) is 18.6 Å². The maximum absolute atomic E-state index is 12.3. The second kappa shape index (κ2) is 4.79. The molecule has 1 aliphatic carbocycles. The lowest BCUT2D eigenvalue weighted by atomic mass is 9.82. The molecule has 18 heavy (non-hydrogen) atoms. The van der Waals surface area contributed by atoms with E-state index in [-0.39, 0.29) is 12.3 Å². The number of barbiturate groups is 1. The molecule has 7 heteroatoms. The van der Waals surface area contributed by atoms with E-state index < -0.39 is 34.1 Å². The molecule has 1 N–H and O–H groups in total. The van der Waals surface area contributed by atoms with Crippen molar-refractivity contribution in [1.29, 1.82) is 0 Å². The highest BCUT2D eigenvalue weighted by molar-refractivity contribution is 7.84. The van der Waals surface area contributed by atoms with Gasteiger partial charge in [0.1, 0.15) is 5.41 Å². The molecule has 1 unspecified atom stereocenters. The number of hydrogen-bond acceptors (Lipinski definition) is 4. The van der Waals surface area contributed by atoms with Gasteiger partial charge in [-0.05, 0) is 12.8 Å². The summed E-state index contributed by atoms with van der Waals surface area (Å²) in [5.41, 5.74) is -1.05. The maximum atomic E-state index is 12.3. The minimum Gasteiger partial charge on any atom is -0.277 e. The van der Waals surface area contributed by atoms with Crippen molar-refractivity contribution in [2.24, 2.45) is 5.41 Å². The lowest BCUT2D eigenvalue weighted by Crippen LogP contribution is -2.63. The van der Waals surface area contributed by atoms with Crippen LogP contribution in [0, 0.1) is 5.41 Å². The van der Waals surface area contributed by atoms with E-state index in [1.54, 1.807) is 0 Å². The number of carbonyl (C=O) groups is 3. The summed E-state index contributed by atoms with van der Waals surface area (Å²) < 4.78 is 11.1. The van der Waals surface area contributed by atoms with Crippen LogP contribution >= 0.6 is 0 Å². The molecule has 6 nitrogen and oxygen atoms in total. The van der Waals surface area contributed by atoms with Crippen LogP contribution in [0.2, 0.25) is 0 Å². The Balaban J connectivity index is 2.20. The second-order valence-corrected chi connectivity index (χ2v) is 6.34. The summed E-state index contributed by atoms with van der Waals surface area (Å²) in [5.74, 6) is -0.647. The van der Waals surface area contributed by atoms with Gasteiger partial charge in [-0.25, -0.2) is 4.79 Å². The Labute approximate surface area is 108 Å². The van der Waals surface area contributed by atoms with E-state index in [1.165, 1.54) is 6.26 Å². The molecule has 1 saturated carbocycles. The zero-order valence-corrected chi connectivity index (χ0v) is 11.0. The summed E-state index contributed by atoms with van der Waals surface area (Å²) in [4.78, 5) is 36.9. The van der Waals surface area contributed by atoms with Gasteiger partial charge in [0.05, 0.1) is 0 Å². The molecule has 0 aromatic rings. The molecule has 0 bridgehead atoms. The van der Waals surface area contributed by atoms with Crippen LogP contribution in [-0.4, -0.2) is 45.5 Å². The van der Waals surface area contributed by atoms with Crippen molar-refractivity contribution < 1.29 is 18.6 Å². The van der Waals surface area contributed by atoms with Crippen molar-refractivity contribution in [1.82, 2.24) is 10.2 Å². The highest BCUT2D eigenvalue weighted by Crippen LogP contribution is 2.41. The lowest BCUT2D eigenvalue weighted by Gasteiger charge is -2.36. The van der Waals surface area contributed by atoms with Gasteiger partial charge in [0.15, 0.2) is 0 Å². The summed E-state index contributed by atoms with van der Waals surface area (Å²) in [6.07, 6.45) is 4.15. The minimum absolute atomic E-state index is 0.100. The van der Waals surface area contributed by atoms with E-state index in [0.717, 1.165) is 17.7 Å². The fraction of sp³-hybridized carbons (Fsp3) is 0.727. The summed E-state index contributed by atoms with van der Waals surface area (Å²) in [6, 6.07) is -0.687. The Morgan fingerprint density at radius 1 is 1.28 bits per heavy atom. The molecule has 2 aliphatic rings. The first-order chi connectivity index (χ1) is 8.47. The fourth-order valence-corrected chi connectivity index (χ4v) is 3.01. The summed E-state index contributed by atoms with van der Waals surface area (Å²) in [7, 11) is -1.08. The highest BCUT2D eigenvalue weighted by Gasteiger charge is 2.54. The Morgan fingerprint density at radius 3 is 2.44 bits per heavy atom. The minimum atomic E-state index is -1.08. The molecule has 1 spiro atoms. The number of rotatable bonds is 3. The Bertz CT molecular complexity index is 429. The normalized spacial score (nSPS) is 24.5. The molecule has 0 aromatic carbocycles. The second-order valence-electron chi connectivity index (χ2n) is 4.78. The van der Waals surface area contributed by atoms with Crippen LogP contribution in [0.15, 0.2) is 0 Å². The van der Waals surface area contributed by atoms with E-state index in [4.69, 9.17) is 0 Å². The third kappa shape index (κ3) is 2.07. The van der Waals surface area contributed by atoms with Crippen molar-refractivity contribution in [3.63, 3.8) is 0 Å². The van der Waals surface area contributed by atoms with Gasteiger partial charge >= 0.3 is 6.03 Å². The van der Waals surface area contributed by atoms with E-state index in [1.807, 2.05) is 0 Å². The highest BCUT2D eigenvalue weighted by atomic mass is 32.2. The van der Waals surface area contributed by atoms with Crippen LogP contribution in [0.3, 0.4) is 0 Å². The summed E-state index contributed by atoms with van der Waals surface area (Å²) in [6.45, 7) is 0.100. The Hall–Kier alpha value is -1.24. The Morgan fingerprint density at radius 2 is 1.89 bits per heavy atom. The molecule has 1 atom stereocenters. The van der Waals surface area contributed by atoms with Gasteiger partial charge in [-0.15, -0.1) is 0 Å². The molecule has 100 valence electrons. The number of nitrogens with zero attached hydrogens (tertiary/aromatic N) is 1. The third-order valence-electron chi connectivity index (χ3n) is 3.61. The summed E-state index contributed by atoms with van der Waals surface area (Å²) in [5, 5.41) is 2.24. The van der Waals surface area contributed by atoms with Gasteiger partial charge in [-0.3, -0.25) is 24.0 Å². The number of imide groups is 2. The number of amides is 4. The average molecular weight is 272 g/mol. The topological polar surface area (TPSA) is 83.6 Å². The maximum Gasteiger partial charge on any atom is 0.330 e. The van der Waals surface area contributed by atoms with E-state index >= 15 is 0 Å². The van der Waals surface area contributed by atoms with Gasteiger partial charge in [-0.1, -0.05) is 12.8 Å². The van der Waals surface area contributed by atoms with Crippen LogP contribution in [0.25, 0.3) is 0 Å². The molecule has 0 aromatic heterocycles. The van der Waals surface area contributed by atoms with Crippen molar-refractivity contribution >= 4 is 28.6 Å². The smallest absolute Gasteiger partial charge is 0.277 e. The molecular formula is C11H16N2O4S. The molecule has 1 saturated heterocycles. The van der Waals surface area contributed by atoms with Crippen LogP contribution in [0.5, 0.6) is 0 Å². The van der Waals surface area contributed by atoms with Gasteiger partial charge < -0.3 is 0 Å². The van der Waals surface area contributed by atoms with E-state index in [0.29, 0.717) is 12.8 Å². The van der Waals surface area contributed by atoms with E-state index in [9.17, 15) is 18.6 Å². The number of hydrogen-bond donors (Lipinski definition) is 1. The quantitative estimate of drug-likeness (QED) is 0.733. The zero-order valence-electron chi connectivity index (χ0n) is 10.2. The van der Waals surface area contributed by atoms with E-state index in [2.05, 4.69) is 5.32 Å². The fourth-order valence-electron chi connectivity index (χ4n) is 2.57. The van der Waals surface area contributed by atoms with Crippen LogP contribution in [-0.2, 0) is 20.4 Å². The molecule has 2 rings (SSSR count). The average Bonchev–Trinajstić information content (AvgIpc) is 2.76. The van der Waals surface area contributed by atoms with Gasteiger partial charge in [0.25, 0.3) is 0 Å². The number of nitrogens with one attached hydrogen (secondary N) is 1. The van der Waals surface area contributed by atoms with Crippen LogP contribution in [0.1, 0.15) is 25.7 Å². The molecule has 1 aliphatic heterocycles. The molecule has 2 fully saturated rings. The van der Waals surface area contributed by atoms with Gasteiger partial charge in [-0.2, -0.15) is 0 Å². The first-order valence-electron chi connectivity index (χ1n) is 5.95. The van der Waals surface area contributed by atoms with Gasteiger partial charge in [0.2, 0.25) is 11.8 Å². The molecule has 4 amide bonds. The predicted octanol–water partition coefficient (Wildman–Crippen LogP) is 0.00370. The predicted molar refractivity (Wildman–Crippen MR) is 65.1 cm³/mol.